The van der Waals surface area contributed by atoms with Crippen LogP contribution in [-0.2, 0) is 23.1 Å². The van der Waals surface area contributed by atoms with Gasteiger partial charge in [0.2, 0.25) is 0 Å². The molecular weight excluding hydrogens is 426 g/mol. The lowest BCUT2D eigenvalue weighted by atomic mass is 10.1. The lowest BCUT2D eigenvalue weighted by Crippen LogP contribution is -2.16. The normalized spacial score (nSPS) is 11.1. The first-order chi connectivity index (χ1) is 15.2. The van der Waals surface area contributed by atoms with Gasteiger partial charge in [0.05, 0.1) is 16.1 Å². The number of rotatable bonds is 9. The van der Waals surface area contributed by atoms with Gasteiger partial charge >= 0.3 is 5.97 Å². The van der Waals surface area contributed by atoms with Crippen molar-refractivity contribution >= 4 is 21.7 Å². The summed E-state index contributed by atoms with van der Waals surface area (Å²) >= 11 is 0. The second-order valence-corrected chi connectivity index (χ2v) is 9.29. The Morgan fingerprint density at radius 1 is 1.06 bits per heavy atom. The molecule has 0 amide bonds. The van der Waals surface area contributed by atoms with Gasteiger partial charge in [0.25, 0.3) is 10.0 Å². The van der Waals surface area contributed by atoms with E-state index in [0.717, 1.165) is 16.7 Å². The second-order valence-electron chi connectivity index (χ2n) is 7.64. The van der Waals surface area contributed by atoms with Crippen molar-refractivity contribution in [3.8, 4) is 5.75 Å². The maximum Gasteiger partial charge on any atom is 0.335 e. The zero-order valence-electron chi connectivity index (χ0n) is 18.0. The van der Waals surface area contributed by atoms with Crippen LogP contribution in [0.4, 0.5) is 5.69 Å². The van der Waals surface area contributed by atoms with Gasteiger partial charge in [-0.15, -0.1) is 0 Å². The summed E-state index contributed by atoms with van der Waals surface area (Å²) in [5, 5.41) is 9.02. The van der Waals surface area contributed by atoms with Crippen molar-refractivity contribution in [3.63, 3.8) is 0 Å². The van der Waals surface area contributed by atoms with E-state index in [4.69, 9.17) is 9.84 Å². The van der Waals surface area contributed by atoms with Gasteiger partial charge in [0.15, 0.2) is 0 Å². The molecule has 0 saturated carbocycles. The van der Waals surface area contributed by atoms with E-state index in [0.29, 0.717) is 23.4 Å². The molecule has 0 spiro atoms. The van der Waals surface area contributed by atoms with Crippen LogP contribution in [0.1, 0.15) is 34.0 Å². The van der Waals surface area contributed by atoms with Crippen molar-refractivity contribution in [1.82, 2.24) is 0 Å². The summed E-state index contributed by atoms with van der Waals surface area (Å²) in [6.45, 7) is 7.78. The summed E-state index contributed by atoms with van der Waals surface area (Å²) < 4.78 is 34.9. The minimum Gasteiger partial charge on any atom is -0.487 e. The molecule has 3 rings (SSSR count). The Labute approximate surface area is 188 Å². The Kier molecular flexibility index (Phi) is 7.00. The predicted octanol–water partition coefficient (Wildman–Crippen LogP) is 5.19. The number of carboxylic acids is 1. The first kappa shape index (κ1) is 23.1. The van der Waals surface area contributed by atoms with E-state index in [1.807, 2.05) is 13.8 Å². The van der Waals surface area contributed by atoms with Crippen LogP contribution >= 0.6 is 0 Å². The molecule has 0 aliphatic carbocycles. The first-order valence-corrected chi connectivity index (χ1v) is 11.4. The van der Waals surface area contributed by atoms with E-state index < -0.39 is 16.0 Å². The molecule has 0 aromatic heterocycles. The highest BCUT2D eigenvalue weighted by atomic mass is 32.2. The fraction of sp³-hybridized carbons (Fsp3) is 0.160. The van der Waals surface area contributed by atoms with E-state index in [-0.39, 0.29) is 17.1 Å². The molecule has 6 nitrogen and oxygen atoms in total. The van der Waals surface area contributed by atoms with Crippen LogP contribution in [0, 0.1) is 6.92 Å². The molecule has 0 bridgehead atoms. The quantitative estimate of drug-likeness (QED) is 0.437. The summed E-state index contributed by atoms with van der Waals surface area (Å²) in [5.41, 5.74) is 3.71. The van der Waals surface area contributed by atoms with E-state index >= 15 is 0 Å². The number of hydrogen-bond donors (Lipinski definition) is 2. The van der Waals surface area contributed by atoms with Crippen molar-refractivity contribution in [3.05, 3.63) is 101 Å². The molecule has 0 fully saturated rings. The molecule has 3 aromatic carbocycles. The number of benzene rings is 3. The van der Waals surface area contributed by atoms with Gasteiger partial charge in [-0.25, -0.2) is 13.2 Å². The fourth-order valence-corrected chi connectivity index (χ4v) is 4.49. The number of carbonyl (C=O) groups is 1. The summed E-state index contributed by atoms with van der Waals surface area (Å²) in [7, 11) is -3.86. The van der Waals surface area contributed by atoms with Crippen LogP contribution in [0.5, 0.6) is 5.75 Å². The Hall–Kier alpha value is -3.58. The van der Waals surface area contributed by atoms with E-state index in [1.54, 1.807) is 54.6 Å². The number of ether oxygens (including phenoxy) is 1. The third-order valence-corrected chi connectivity index (χ3v) is 6.20. The zero-order chi connectivity index (χ0) is 23.3. The van der Waals surface area contributed by atoms with Gasteiger partial charge < -0.3 is 9.84 Å². The van der Waals surface area contributed by atoms with Gasteiger partial charge in [-0.2, -0.15) is 0 Å². The number of hydrogen-bond acceptors (Lipinski definition) is 4. The largest absolute Gasteiger partial charge is 0.487 e. The Morgan fingerprint density at radius 2 is 1.75 bits per heavy atom. The maximum absolute atomic E-state index is 13.2. The number of carboxylic acid groups (broad SMARTS) is 1. The minimum absolute atomic E-state index is 0.157. The lowest BCUT2D eigenvalue weighted by Gasteiger charge is -2.16. The van der Waals surface area contributed by atoms with Crippen LogP contribution < -0.4 is 9.46 Å². The maximum atomic E-state index is 13.2. The molecule has 7 heteroatoms. The Balaban J connectivity index is 1.85. The second kappa shape index (κ2) is 9.70. The summed E-state index contributed by atoms with van der Waals surface area (Å²) in [4.78, 5) is 11.2. The third-order valence-electron chi connectivity index (χ3n) is 4.73. The van der Waals surface area contributed by atoms with Crippen molar-refractivity contribution < 1.29 is 23.1 Å². The van der Waals surface area contributed by atoms with Crippen LogP contribution in [0.3, 0.4) is 0 Å². The molecule has 0 saturated heterocycles. The van der Waals surface area contributed by atoms with Crippen LogP contribution in [0.25, 0.3) is 0 Å². The summed E-state index contributed by atoms with van der Waals surface area (Å²) in [6, 6.07) is 18.4. The molecule has 3 aromatic rings. The van der Waals surface area contributed by atoms with Crippen LogP contribution in [0.2, 0.25) is 0 Å². The van der Waals surface area contributed by atoms with Gasteiger partial charge in [-0.1, -0.05) is 48.6 Å². The van der Waals surface area contributed by atoms with Crippen molar-refractivity contribution in [1.29, 1.82) is 0 Å². The predicted molar refractivity (Wildman–Crippen MR) is 125 cm³/mol. The number of aryl methyl sites for hydroxylation is 1. The summed E-state index contributed by atoms with van der Waals surface area (Å²) in [5.74, 6) is -0.618. The topological polar surface area (TPSA) is 92.7 Å². The highest BCUT2D eigenvalue weighted by Crippen LogP contribution is 2.30. The molecule has 0 atom stereocenters. The van der Waals surface area contributed by atoms with E-state index in [9.17, 15) is 13.2 Å². The average molecular weight is 452 g/mol. The lowest BCUT2D eigenvalue weighted by molar-refractivity contribution is 0.0697. The SMILES string of the molecule is C=C(C)Cc1ccccc1S(=O)(=O)Nc1ccc(C)cc1OCc1ccc(C(=O)O)cc1. The average Bonchev–Trinajstić information content (AvgIpc) is 2.74. The summed E-state index contributed by atoms with van der Waals surface area (Å²) in [6.07, 6.45) is 0.459. The fourth-order valence-electron chi connectivity index (χ4n) is 3.17. The standard InChI is InChI=1S/C25H25NO5S/c1-17(2)14-21-6-4-5-7-24(21)32(29,30)26-22-13-8-18(3)15-23(22)31-16-19-9-11-20(12-10-19)25(27)28/h4-13,15,26H,1,14,16H2,2-3H3,(H,27,28). The highest BCUT2D eigenvalue weighted by Gasteiger charge is 2.20. The molecule has 0 radical (unpaired) electrons. The Morgan fingerprint density at radius 3 is 2.41 bits per heavy atom. The molecule has 32 heavy (non-hydrogen) atoms. The Bertz CT molecular complexity index is 1250. The van der Waals surface area contributed by atoms with E-state index in [2.05, 4.69) is 11.3 Å². The molecular formula is C25H25NO5S. The number of nitrogens with one attached hydrogen (secondary N) is 1. The van der Waals surface area contributed by atoms with Gasteiger partial charge in [-0.05, 0) is 67.3 Å². The van der Waals surface area contributed by atoms with Crippen molar-refractivity contribution in [2.24, 2.45) is 0 Å². The molecule has 2 N–H and O–H groups in total. The van der Waals surface area contributed by atoms with Gasteiger partial charge in [-0.3, -0.25) is 4.72 Å². The van der Waals surface area contributed by atoms with Crippen molar-refractivity contribution in [2.45, 2.75) is 31.8 Å². The monoisotopic (exact) mass is 451 g/mol. The first-order valence-electron chi connectivity index (χ1n) is 9.96. The molecule has 166 valence electrons. The van der Waals surface area contributed by atoms with Gasteiger partial charge in [0.1, 0.15) is 12.4 Å². The number of anilines is 1. The third kappa shape index (κ3) is 5.76. The highest BCUT2D eigenvalue weighted by molar-refractivity contribution is 7.92. The van der Waals surface area contributed by atoms with E-state index in [1.165, 1.54) is 12.1 Å². The van der Waals surface area contributed by atoms with Crippen molar-refractivity contribution in [2.75, 3.05) is 4.72 Å². The van der Waals surface area contributed by atoms with Crippen LogP contribution in [-0.4, -0.2) is 19.5 Å². The molecule has 0 unspecified atom stereocenters. The molecule has 0 aliphatic heterocycles. The smallest absolute Gasteiger partial charge is 0.335 e. The zero-order valence-corrected chi connectivity index (χ0v) is 18.8. The molecule has 0 aliphatic rings. The number of sulfonamides is 1. The number of aromatic carboxylic acids is 1. The van der Waals surface area contributed by atoms with Gasteiger partial charge in [0, 0.05) is 0 Å². The molecule has 0 heterocycles. The number of allylic oxidation sites excluding steroid dienone is 1. The van der Waals surface area contributed by atoms with Crippen LogP contribution in [0.15, 0.2) is 83.8 Å². The minimum atomic E-state index is -3.86.